The van der Waals surface area contributed by atoms with Gasteiger partial charge in [0.05, 0.1) is 21.3 Å². The highest BCUT2D eigenvalue weighted by molar-refractivity contribution is 9.09. The maximum Gasteiger partial charge on any atom is 0.203 e. The summed E-state index contributed by atoms with van der Waals surface area (Å²) in [5.74, 6) is 2.07. The first-order valence-corrected chi connectivity index (χ1v) is 9.81. The number of alkyl halides is 1. The number of halogens is 1. The minimum Gasteiger partial charge on any atom is -0.493 e. The van der Waals surface area contributed by atoms with E-state index >= 15 is 0 Å². The number of unbranched alkanes of at least 4 members (excludes halogenated alkanes) is 4. The third-order valence-corrected chi connectivity index (χ3v) is 4.46. The van der Waals surface area contributed by atoms with Gasteiger partial charge in [0, 0.05) is 18.5 Å². The monoisotopic (exact) mass is 402 g/mol. The first-order valence-electron chi connectivity index (χ1n) is 8.69. The van der Waals surface area contributed by atoms with Gasteiger partial charge in [-0.25, -0.2) is 0 Å². The molecule has 4 nitrogen and oxygen atoms in total. The molecule has 0 saturated carbocycles. The first kappa shape index (κ1) is 21.1. The summed E-state index contributed by atoms with van der Waals surface area (Å²) in [6.45, 7) is 1.72. The quantitative estimate of drug-likeness (QED) is 0.323. The fourth-order valence-corrected chi connectivity index (χ4v) is 2.96. The molecule has 1 aromatic rings. The molecule has 0 radical (unpaired) electrons. The number of rotatable bonds is 14. The van der Waals surface area contributed by atoms with Crippen molar-refractivity contribution in [2.45, 2.75) is 44.9 Å². The Morgan fingerprint density at radius 1 is 0.750 bits per heavy atom. The number of benzene rings is 1. The Bertz CT molecular complexity index is 426. The zero-order chi connectivity index (χ0) is 17.6. The highest BCUT2D eigenvalue weighted by Crippen LogP contribution is 2.38. The average Bonchev–Trinajstić information content (AvgIpc) is 2.62. The zero-order valence-corrected chi connectivity index (χ0v) is 16.8. The van der Waals surface area contributed by atoms with Crippen molar-refractivity contribution in [1.29, 1.82) is 0 Å². The van der Waals surface area contributed by atoms with Gasteiger partial charge in [0.1, 0.15) is 0 Å². The van der Waals surface area contributed by atoms with Gasteiger partial charge in [0.25, 0.3) is 0 Å². The lowest BCUT2D eigenvalue weighted by atomic mass is 10.1. The highest BCUT2D eigenvalue weighted by Gasteiger charge is 2.12. The minimum absolute atomic E-state index is 0.645. The number of aryl methyl sites for hydroxylation is 1. The molecule has 0 atom stereocenters. The third-order valence-electron chi connectivity index (χ3n) is 3.90. The summed E-state index contributed by atoms with van der Waals surface area (Å²) >= 11 is 3.45. The molecule has 0 N–H and O–H groups in total. The Hall–Kier alpha value is -0.940. The molecule has 0 bridgehead atoms. The van der Waals surface area contributed by atoms with Crippen LogP contribution in [0.2, 0.25) is 0 Å². The van der Waals surface area contributed by atoms with Gasteiger partial charge < -0.3 is 18.9 Å². The van der Waals surface area contributed by atoms with Crippen LogP contribution < -0.4 is 14.2 Å². The van der Waals surface area contributed by atoms with Crippen LogP contribution in [0.15, 0.2) is 12.1 Å². The van der Waals surface area contributed by atoms with Gasteiger partial charge in [-0.1, -0.05) is 28.8 Å². The fraction of sp³-hybridized carbons (Fsp3) is 0.684. The van der Waals surface area contributed by atoms with Crippen molar-refractivity contribution in [2.24, 2.45) is 0 Å². The molecule has 138 valence electrons. The highest BCUT2D eigenvalue weighted by atomic mass is 79.9. The lowest BCUT2D eigenvalue weighted by Gasteiger charge is -2.14. The summed E-state index contributed by atoms with van der Waals surface area (Å²) < 4.78 is 21.8. The summed E-state index contributed by atoms with van der Waals surface area (Å²) in [6, 6.07) is 4.04. The van der Waals surface area contributed by atoms with E-state index in [4.69, 9.17) is 18.9 Å². The number of hydrogen-bond acceptors (Lipinski definition) is 4. The van der Waals surface area contributed by atoms with Crippen LogP contribution in [0.25, 0.3) is 0 Å². The molecule has 0 heterocycles. The van der Waals surface area contributed by atoms with Gasteiger partial charge in [-0.05, 0) is 49.8 Å². The topological polar surface area (TPSA) is 36.9 Å². The van der Waals surface area contributed by atoms with Gasteiger partial charge in [-0.2, -0.15) is 0 Å². The molecule has 0 saturated heterocycles. The lowest BCUT2D eigenvalue weighted by molar-refractivity contribution is 0.126. The van der Waals surface area contributed by atoms with Crippen molar-refractivity contribution in [3.05, 3.63) is 17.7 Å². The van der Waals surface area contributed by atoms with Crippen molar-refractivity contribution >= 4 is 15.9 Å². The molecule has 0 aromatic heterocycles. The molecule has 1 aromatic carbocycles. The van der Waals surface area contributed by atoms with Gasteiger partial charge in [-0.3, -0.25) is 0 Å². The molecule has 0 unspecified atom stereocenters. The second-order valence-corrected chi connectivity index (χ2v) is 6.50. The summed E-state index contributed by atoms with van der Waals surface area (Å²) in [5, 5.41) is 1.11. The van der Waals surface area contributed by atoms with E-state index in [1.807, 2.05) is 12.1 Å². The minimum atomic E-state index is 0.645. The molecule has 0 aliphatic heterocycles. The van der Waals surface area contributed by atoms with Gasteiger partial charge in [0.2, 0.25) is 5.75 Å². The number of hydrogen-bond donors (Lipinski definition) is 0. The number of ether oxygens (including phenoxy) is 4. The van der Waals surface area contributed by atoms with Gasteiger partial charge >= 0.3 is 0 Å². The van der Waals surface area contributed by atoms with Crippen LogP contribution in [-0.2, 0) is 11.2 Å². The Morgan fingerprint density at radius 3 is 1.88 bits per heavy atom. The molecule has 0 fully saturated rings. The molecule has 5 heteroatoms. The Labute approximate surface area is 154 Å². The van der Waals surface area contributed by atoms with E-state index in [1.54, 1.807) is 21.3 Å². The van der Waals surface area contributed by atoms with E-state index in [2.05, 4.69) is 15.9 Å². The molecule has 0 spiro atoms. The maximum absolute atomic E-state index is 5.70. The molecule has 24 heavy (non-hydrogen) atoms. The van der Waals surface area contributed by atoms with Gasteiger partial charge in [0.15, 0.2) is 11.5 Å². The summed E-state index contributed by atoms with van der Waals surface area (Å²) in [6.07, 6.45) is 8.10. The van der Waals surface area contributed by atoms with Crippen molar-refractivity contribution < 1.29 is 18.9 Å². The second kappa shape index (κ2) is 13.4. The van der Waals surface area contributed by atoms with Crippen LogP contribution in [0.3, 0.4) is 0 Å². The van der Waals surface area contributed by atoms with Crippen molar-refractivity contribution in [3.8, 4) is 17.2 Å². The molecule has 0 aliphatic carbocycles. The van der Waals surface area contributed by atoms with E-state index < -0.39 is 0 Å². The van der Waals surface area contributed by atoms with Crippen LogP contribution in [-0.4, -0.2) is 39.9 Å². The fourth-order valence-electron chi connectivity index (χ4n) is 2.57. The van der Waals surface area contributed by atoms with E-state index in [0.29, 0.717) is 17.2 Å². The largest absolute Gasteiger partial charge is 0.493 e. The Kier molecular flexibility index (Phi) is 11.7. The summed E-state index contributed by atoms with van der Waals surface area (Å²) in [7, 11) is 4.91. The molecular weight excluding hydrogens is 372 g/mol. The Morgan fingerprint density at radius 2 is 1.33 bits per heavy atom. The molecule has 1 rings (SSSR count). The van der Waals surface area contributed by atoms with Crippen molar-refractivity contribution in [3.63, 3.8) is 0 Å². The van der Waals surface area contributed by atoms with E-state index in [-0.39, 0.29) is 0 Å². The van der Waals surface area contributed by atoms with Crippen LogP contribution in [0.4, 0.5) is 0 Å². The predicted molar refractivity (Wildman–Crippen MR) is 102 cm³/mol. The van der Waals surface area contributed by atoms with E-state index in [9.17, 15) is 0 Å². The SMILES string of the molecule is COc1cc(CCCCOCCCCCCBr)cc(OC)c1OC. The van der Waals surface area contributed by atoms with Crippen molar-refractivity contribution in [1.82, 2.24) is 0 Å². The van der Waals surface area contributed by atoms with E-state index in [1.165, 1.54) is 31.2 Å². The van der Waals surface area contributed by atoms with Crippen LogP contribution in [0, 0.1) is 0 Å². The summed E-state index contributed by atoms with van der Waals surface area (Å²) in [5.41, 5.74) is 1.19. The number of methoxy groups -OCH3 is 3. The normalized spacial score (nSPS) is 10.7. The maximum atomic E-state index is 5.70. The van der Waals surface area contributed by atoms with Gasteiger partial charge in [-0.15, -0.1) is 0 Å². The second-order valence-electron chi connectivity index (χ2n) is 5.71. The molecule has 0 amide bonds. The zero-order valence-electron chi connectivity index (χ0n) is 15.2. The molecule has 0 aliphatic rings. The smallest absolute Gasteiger partial charge is 0.203 e. The van der Waals surface area contributed by atoms with Crippen LogP contribution >= 0.6 is 15.9 Å². The average molecular weight is 403 g/mol. The van der Waals surface area contributed by atoms with Crippen molar-refractivity contribution in [2.75, 3.05) is 39.9 Å². The lowest BCUT2D eigenvalue weighted by Crippen LogP contribution is -1.99. The van der Waals surface area contributed by atoms with Crippen LogP contribution in [0.1, 0.15) is 44.1 Å². The summed E-state index contributed by atoms with van der Waals surface area (Å²) in [4.78, 5) is 0. The Balaban J connectivity index is 2.25. The van der Waals surface area contributed by atoms with Crippen LogP contribution in [0.5, 0.6) is 17.2 Å². The third kappa shape index (κ3) is 7.75. The van der Waals surface area contributed by atoms with E-state index in [0.717, 1.165) is 37.8 Å². The first-order chi connectivity index (χ1) is 11.8. The molecular formula is C19H31BrO4. The predicted octanol–water partition coefficient (Wildman–Crippen LogP) is 5.01. The standard InChI is InChI=1S/C19H31BrO4/c1-21-17-14-16(15-18(22-2)19(17)23-3)10-6-9-13-24-12-8-5-4-7-11-20/h14-15H,4-13H2,1-3H3.